The molecule has 2 aliphatic heterocycles. The van der Waals surface area contributed by atoms with Gasteiger partial charge in [0.25, 0.3) is 0 Å². The molecule has 0 aliphatic carbocycles. The largest absolute Gasteiger partial charge is 0.493 e. The highest BCUT2D eigenvalue weighted by atomic mass is 16.6. The molecule has 1 atom stereocenters. The van der Waals surface area contributed by atoms with Crippen LogP contribution in [-0.2, 0) is 14.3 Å². The van der Waals surface area contributed by atoms with Crippen molar-refractivity contribution in [3.05, 3.63) is 29.0 Å². The summed E-state index contributed by atoms with van der Waals surface area (Å²) < 4.78 is 21.7. The maximum absolute atomic E-state index is 12.5. The third-order valence-electron chi connectivity index (χ3n) is 4.55. The number of benzene rings is 1. The van der Waals surface area contributed by atoms with E-state index in [0.29, 0.717) is 34.1 Å². The van der Waals surface area contributed by atoms with E-state index in [0.717, 1.165) is 0 Å². The molecular weight excluding hydrogens is 326 g/mol. The molecule has 25 heavy (non-hydrogen) atoms. The molecule has 0 fully saturated rings. The van der Waals surface area contributed by atoms with Gasteiger partial charge in [-0.25, -0.2) is 4.79 Å². The van der Waals surface area contributed by atoms with Gasteiger partial charge in [-0.05, 0) is 19.9 Å². The Labute approximate surface area is 145 Å². The fraction of sp³-hybridized carbons (Fsp3) is 0.444. The number of esters is 1. The second kappa shape index (κ2) is 5.98. The Morgan fingerprint density at radius 1 is 1.08 bits per heavy atom. The molecule has 1 amide bonds. The van der Waals surface area contributed by atoms with Gasteiger partial charge in [0.05, 0.1) is 32.6 Å². The molecule has 0 unspecified atom stereocenters. The van der Waals surface area contributed by atoms with Crippen LogP contribution >= 0.6 is 0 Å². The number of cyclic esters (lactones) is 1. The van der Waals surface area contributed by atoms with E-state index in [1.807, 2.05) is 0 Å². The van der Waals surface area contributed by atoms with Crippen molar-refractivity contribution in [3.8, 4) is 17.2 Å². The minimum absolute atomic E-state index is 0.121. The van der Waals surface area contributed by atoms with Crippen LogP contribution in [0.25, 0.3) is 0 Å². The lowest BCUT2D eigenvalue weighted by Gasteiger charge is -2.28. The number of carbonyl (C=O) groups is 2. The van der Waals surface area contributed by atoms with Crippen molar-refractivity contribution in [2.24, 2.45) is 0 Å². The van der Waals surface area contributed by atoms with Gasteiger partial charge >= 0.3 is 5.97 Å². The first-order valence-corrected chi connectivity index (χ1v) is 7.90. The first-order valence-electron chi connectivity index (χ1n) is 7.90. The highest BCUT2D eigenvalue weighted by molar-refractivity contribution is 5.99. The molecule has 0 aromatic heterocycles. The van der Waals surface area contributed by atoms with Gasteiger partial charge in [0, 0.05) is 17.9 Å². The third kappa shape index (κ3) is 2.59. The van der Waals surface area contributed by atoms with Crippen LogP contribution in [0, 0.1) is 0 Å². The molecule has 0 saturated carbocycles. The van der Waals surface area contributed by atoms with E-state index in [2.05, 4.69) is 5.32 Å². The number of carbonyl (C=O) groups excluding carboxylic acids is 2. The summed E-state index contributed by atoms with van der Waals surface area (Å²) in [5, 5.41) is 2.79. The zero-order chi connectivity index (χ0) is 18.4. The van der Waals surface area contributed by atoms with Crippen LogP contribution in [0.4, 0.5) is 0 Å². The van der Waals surface area contributed by atoms with E-state index in [-0.39, 0.29) is 12.3 Å². The Morgan fingerprint density at radius 2 is 1.76 bits per heavy atom. The van der Waals surface area contributed by atoms with Gasteiger partial charge in [-0.2, -0.15) is 0 Å². The van der Waals surface area contributed by atoms with Crippen LogP contribution in [0.1, 0.15) is 31.7 Å². The van der Waals surface area contributed by atoms with Crippen LogP contribution in [0.5, 0.6) is 17.2 Å². The summed E-state index contributed by atoms with van der Waals surface area (Å²) >= 11 is 0. The van der Waals surface area contributed by atoms with E-state index in [1.54, 1.807) is 26.0 Å². The third-order valence-corrected chi connectivity index (χ3v) is 4.55. The first kappa shape index (κ1) is 17.1. The van der Waals surface area contributed by atoms with E-state index in [4.69, 9.17) is 18.9 Å². The fourth-order valence-corrected chi connectivity index (χ4v) is 3.44. The molecular formula is C18H21NO6. The number of hydrogen-bond donors (Lipinski definition) is 1. The van der Waals surface area contributed by atoms with Crippen LogP contribution in [-0.4, -0.2) is 38.8 Å². The highest BCUT2D eigenvalue weighted by Gasteiger charge is 2.48. The number of ether oxygens (including phenoxy) is 4. The second-order valence-electron chi connectivity index (χ2n) is 6.42. The zero-order valence-electron chi connectivity index (χ0n) is 14.9. The first-order chi connectivity index (χ1) is 11.8. The molecule has 3 rings (SSSR count). The predicted octanol–water partition coefficient (Wildman–Crippen LogP) is 1.91. The summed E-state index contributed by atoms with van der Waals surface area (Å²) in [5.41, 5.74) is 0.771. The summed E-state index contributed by atoms with van der Waals surface area (Å²) in [7, 11) is 4.55. The molecule has 1 aromatic carbocycles. The highest BCUT2D eigenvalue weighted by Crippen LogP contribution is 2.49. The van der Waals surface area contributed by atoms with Gasteiger partial charge in [-0.15, -0.1) is 0 Å². The van der Waals surface area contributed by atoms with Crippen LogP contribution in [0.2, 0.25) is 0 Å². The molecule has 0 radical (unpaired) electrons. The van der Waals surface area contributed by atoms with Gasteiger partial charge in [-0.1, -0.05) is 6.07 Å². The molecule has 7 heteroatoms. The van der Waals surface area contributed by atoms with Crippen molar-refractivity contribution in [2.45, 2.75) is 31.8 Å². The second-order valence-corrected chi connectivity index (χ2v) is 6.42. The van der Waals surface area contributed by atoms with Crippen molar-refractivity contribution < 1.29 is 28.5 Å². The maximum atomic E-state index is 12.5. The van der Waals surface area contributed by atoms with E-state index in [9.17, 15) is 9.59 Å². The normalized spacial score (nSPS) is 21.4. The minimum Gasteiger partial charge on any atom is -0.493 e. The topological polar surface area (TPSA) is 83.1 Å². The molecule has 0 saturated heterocycles. The van der Waals surface area contributed by atoms with Gasteiger partial charge in [0.2, 0.25) is 11.7 Å². The number of amides is 1. The van der Waals surface area contributed by atoms with Gasteiger partial charge < -0.3 is 24.3 Å². The van der Waals surface area contributed by atoms with Crippen molar-refractivity contribution >= 4 is 11.9 Å². The molecule has 1 N–H and O–H groups in total. The summed E-state index contributed by atoms with van der Waals surface area (Å²) in [5.74, 6) is 0.278. The summed E-state index contributed by atoms with van der Waals surface area (Å²) in [4.78, 5) is 24.7. The standard InChI is InChI=1S/C18H21NO6/c1-18(2)16-13(17(21)25-18)10(8-12(20)19-16)9-6-7-11(22-3)15(24-5)14(9)23-4/h6-7,10H,8H2,1-5H3,(H,19,20)/t10-/m0/s1. The van der Waals surface area contributed by atoms with E-state index in [1.165, 1.54) is 21.3 Å². The van der Waals surface area contributed by atoms with Crippen molar-refractivity contribution in [3.63, 3.8) is 0 Å². The van der Waals surface area contributed by atoms with Gasteiger partial charge in [0.1, 0.15) is 5.60 Å². The average Bonchev–Trinajstić information content (AvgIpc) is 2.81. The lowest BCUT2D eigenvalue weighted by Crippen LogP contribution is -2.38. The average molecular weight is 347 g/mol. The predicted molar refractivity (Wildman–Crippen MR) is 88.8 cm³/mol. The summed E-state index contributed by atoms with van der Waals surface area (Å²) in [6, 6.07) is 3.52. The number of methoxy groups -OCH3 is 3. The van der Waals surface area contributed by atoms with Crippen LogP contribution in [0.3, 0.4) is 0 Å². The zero-order valence-corrected chi connectivity index (χ0v) is 14.9. The molecule has 2 aliphatic rings. The monoisotopic (exact) mass is 347 g/mol. The smallest absolute Gasteiger partial charge is 0.337 e. The SMILES string of the molecule is COc1ccc([C@@H]2CC(=O)NC3=C2C(=O)OC3(C)C)c(OC)c1OC. The minimum atomic E-state index is -0.870. The fourth-order valence-electron chi connectivity index (χ4n) is 3.44. The molecule has 134 valence electrons. The molecule has 0 bridgehead atoms. The molecule has 1 aromatic rings. The maximum Gasteiger partial charge on any atom is 0.337 e. The summed E-state index contributed by atoms with van der Waals surface area (Å²) in [6.07, 6.45) is 0.121. The Hall–Kier alpha value is -2.70. The van der Waals surface area contributed by atoms with Crippen LogP contribution in [0.15, 0.2) is 23.4 Å². The van der Waals surface area contributed by atoms with Crippen molar-refractivity contribution in [2.75, 3.05) is 21.3 Å². The lowest BCUT2D eigenvalue weighted by atomic mass is 9.82. The molecule has 0 spiro atoms. The lowest BCUT2D eigenvalue weighted by molar-refractivity contribution is -0.144. The number of nitrogens with one attached hydrogen (secondary N) is 1. The number of hydrogen-bond acceptors (Lipinski definition) is 6. The number of rotatable bonds is 4. The molecule has 7 nitrogen and oxygen atoms in total. The van der Waals surface area contributed by atoms with Crippen molar-refractivity contribution in [1.82, 2.24) is 5.32 Å². The Balaban J connectivity index is 2.20. The van der Waals surface area contributed by atoms with Crippen LogP contribution < -0.4 is 19.5 Å². The Kier molecular flexibility index (Phi) is 4.10. The molecule has 2 heterocycles. The Bertz CT molecular complexity index is 780. The van der Waals surface area contributed by atoms with E-state index < -0.39 is 17.5 Å². The van der Waals surface area contributed by atoms with Gasteiger partial charge in [-0.3, -0.25) is 4.79 Å². The quantitative estimate of drug-likeness (QED) is 0.838. The van der Waals surface area contributed by atoms with E-state index >= 15 is 0 Å². The van der Waals surface area contributed by atoms with Gasteiger partial charge in [0.15, 0.2) is 11.5 Å². The van der Waals surface area contributed by atoms with Crippen molar-refractivity contribution in [1.29, 1.82) is 0 Å². The Morgan fingerprint density at radius 3 is 2.36 bits per heavy atom. The summed E-state index contributed by atoms with van der Waals surface area (Å²) in [6.45, 7) is 3.50.